The van der Waals surface area contributed by atoms with Crippen LogP contribution in [0, 0.1) is 30.6 Å². The number of hydrogen-bond acceptors (Lipinski definition) is 6. The van der Waals surface area contributed by atoms with Crippen molar-refractivity contribution in [3.63, 3.8) is 0 Å². The maximum Gasteiger partial charge on any atom is 0.248 e. The van der Waals surface area contributed by atoms with Crippen LogP contribution in [0.1, 0.15) is 39.7 Å². The van der Waals surface area contributed by atoms with Crippen LogP contribution in [0.4, 0.5) is 11.4 Å². The molecule has 8 nitrogen and oxygen atoms in total. The van der Waals surface area contributed by atoms with Crippen LogP contribution in [0.25, 0.3) is 0 Å². The maximum absolute atomic E-state index is 14.4. The van der Waals surface area contributed by atoms with Gasteiger partial charge in [-0.25, -0.2) is 0 Å². The summed E-state index contributed by atoms with van der Waals surface area (Å²) < 4.78 is 4.70. The van der Waals surface area contributed by atoms with E-state index in [9.17, 15) is 19.5 Å². The number of carbonyl (C=O) groups is 3. The van der Waals surface area contributed by atoms with Gasteiger partial charge in [-0.1, -0.05) is 44.5 Å². The van der Waals surface area contributed by atoms with Crippen LogP contribution in [-0.4, -0.2) is 63.0 Å². The summed E-state index contributed by atoms with van der Waals surface area (Å²) in [5, 5.41) is 16.8. The first kappa shape index (κ1) is 29.7. The quantitative estimate of drug-likeness (QED) is 0.375. The van der Waals surface area contributed by atoms with Gasteiger partial charge in [-0.15, -0.1) is 11.8 Å². The van der Waals surface area contributed by atoms with Gasteiger partial charge in [-0.2, -0.15) is 0 Å². The number of hydrogen-bond donors (Lipinski definition) is 3. The van der Waals surface area contributed by atoms with Crippen LogP contribution in [0.2, 0.25) is 5.02 Å². The molecular weight excluding hydrogens is 562 g/mol. The normalized spacial score (nSPS) is 29.0. The molecule has 10 heteroatoms. The second kappa shape index (κ2) is 11.5. The molecule has 0 radical (unpaired) electrons. The highest BCUT2D eigenvalue weighted by atomic mass is 35.5. The summed E-state index contributed by atoms with van der Waals surface area (Å²) in [7, 11) is 0. The van der Waals surface area contributed by atoms with Crippen molar-refractivity contribution < 1.29 is 24.2 Å². The maximum atomic E-state index is 14.4. The fourth-order valence-corrected chi connectivity index (χ4v) is 9.72. The lowest BCUT2D eigenvalue weighted by molar-refractivity contribution is -0.142. The molecule has 0 aromatic heterocycles. The molecule has 0 aliphatic carbocycles. The third-order valence-electron chi connectivity index (χ3n) is 8.95. The van der Waals surface area contributed by atoms with Gasteiger partial charge < -0.3 is 25.4 Å². The van der Waals surface area contributed by atoms with Crippen LogP contribution in [0.3, 0.4) is 0 Å². The zero-order valence-electron chi connectivity index (χ0n) is 24.0. The molecule has 3 heterocycles. The highest BCUT2D eigenvalue weighted by Crippen LogP contribution is 2.69. The molecular formula is C31H38ClN3O5S. The Bertz CT molecular complexity index is 1320. The van der Waals surface area contributed by atoms with Crippen molar-refractivity contribution in [2.45, 2.75) is 63.1 Å². The van der Waals surface area contributed by atoms with Crippen molar-refractivity contribution in [2.75, 3.05) is 23.8 Å². The Kier molecular flexibility index (Phi) is 8.34. The molecule has 2 bridgehead atoms. The Morgan fingerprint density at radius 3 is 2.49 bits per heavy atom. The lowest BCUT2D eigenvalue weighted by Crippen LogP contribution is -2.57. The summed E-state index contributed by atoms with van der Waals surface area (Å²) in [5.41, 5.74) is 1.93. The van der Waals surface area contributed by atoms with Gasteiger partial charge in [-0.05, 0) is 68.0 Å². The number of aliphatic hydroxyl groups is 1. The Morgan fingerprint density at radius 1 is 1.17 bits per heavy atom. The average Bonchev–Trinajstić information content (AvgIpc) is 3.52. The second-order valence-corrected chi connectivity index (χ2v) is 13.6. The number of para-hydroxylation sites is 1. The fraction of sp³-hybridized carbons (Fsp3) is 0.516. The number of aryl methyl sites for hydroxylation is 1. The van der Waals surface area contributed by atoms with E-state index in [-0.39, 0.29) is 41.4 Å². The minimum absolute atomic E-state index is 0.000531. The number of amides is 3. The molecule has 3 amide bonds. The Balaban J connectivity index is 1.52. The number of nitrogens with zero attached hydrogens (tertiary/aromatic N) is 1. The van der Waals surface area contributed by atoms with E-state index in [4.69, 9.17) is 16.3 Å². The third-order valence-corrected chi connectivity index (χ3v) is 11.3. The van der Waals surface area contributed by atoms with Crippen LogP contribution < -0.4 is 15.4 Å². The zero-order chi connectivity index (χ0) is 29.6. The zero-order valence-corrected chi connectivity index (χ0v) is 25.6. The molecule has 2 aromatic carbocycles. The van der Waals surface area contributed by atoms with Crippen molar-refractivity contribution in [3.8, 4) is 5.75 Å². The standard InChI is InChI=1S/C31H38ClN3O5S/c1-6-40-20-12-10-19(11-13-20)33-28(37)24-23-14-18(5)31(41-23)25(24)30(39)35(22(15-36)16(2)3)27(31)29(38)34-26-17(4)8-7-9-21(26)32/h7-13,16,18,22-25,27,36H,6,14-15H2,1-5H3,(H,33,37)(H,34,38)/t18?,22-,23+,24-,25-,27?,31?/m0/s1. The molecule has 3 fully saturated rings. The molecule has 5 rings (SSSR count). The SMILES string of the molecule is CCOc1ccc(NC(=O)[C@@H]2[C@H]3C(=O)N([C@@H](CO)C(C)C)C(C(=O)Nc4c(C)cccc4Cl)C34S[C@@H]2CC4C)cc1. The molecule has 3 N–H and O–H groups in total. The van der Waals surface area contributed by atoms with E-state index >= 15 is 0 Å². The van der Waals surface area contributed by atoms with Gasteiger partial charge in [0, 0.05) is 10.9 Å². The van der Waals surface area contributed by atoms with E-state index in [2.05, 4.69) is 17.6 Å². The van der Waals surface area contributed by atoms with Gasteiger partial charge in [0.05, 0.1) is 46.5 Å². The first-order chi connectivity index (χ1) is 19.5. The van der Waals surface area contributed by atoms with E-state index in [1.54, 1.807) is 47.0 Å². The van der Waals surface area contributed by atoms with Gasteiger partial charge >= 0.3 is 0 Å². The summed E-state index contributed by atoms with van der Waals surface area (Å²) in [6.07, 6.45) is 0.712. The number of aliphatic hydroxyl groups excluding tert-OH is 1. The van der Waals surface area contributed by atoms with Crippen LogP contribution in [-0.2, 0) is 14.4 Å². The molecule has 3 aliphatic heterocycles. The molecule has 2 aromatic rings. The molecule has 220 valence electrons. The minimum atomic E-state index is -0.872. The van der Waals surface area contributed by atoms with Crippen LogP contribution in [0.15, 0.2) is 42.5 Å². The Morgan fingerprint density at radius 2 is 1.88 bits per heavy atom. The second-order valence-electron chi connectivity index (χ2n) is 11.7. The summed E-state index contributed by atoms with van der Waals surface area (Å²) in [6, 6.07) is 11.1. The third kappa shape index (κ3) is 4.89. The molecule has 7 atom stereocenters. The predicted molar refractivity (Wildman–Crippen MR) is 162 cm³/mol. The minimum Gasteiger partial charge on any atom is -0.494 e. The highest BCUT2D eigenvalue weighted by Gasteiger charge is 2.76. The van der Waals surface area contributed by atoms with Crippen molar-refractivity contribution >= 4 is 52.5 Å². The van der Waals surface area contributed by atoms with Crippen molar-refractivity contribution in [3.05, 3.63) is 53.1 Å². The number of rotatable bonds is 9. The van der Waals surface area contributed by atoms with Gasteiger partial charge in [0.25, 0.3) is 0 Å². The number of halogens is 1. The highest BCUT2D eigenvalue weighted by molar-refractivity contribution is 8.02. The molecule has 3 unspecified atom stereocenters. The van der Waals surface area contributed by atoms with E-state index in [0.29, 0.717) is 35.2 Å². The van der Waals surface area contributed by atoms with Gasteiger partial charge in [0.2, 0.25) is 17.7 Å². The molecule has 1 spiro atoms. The molecule has 3 saturated heterocycles. The number of benzene rings is 2. The predicted octanol–water partition coefficient (Wildman–Crippen LogP) is 4.98. The molecule has 41 heavy (non-hydrogen) atoms. The number of nitrogens with one attached hydrogen (secondary N) is 2. The van der Waals surface area contributed by atoms with Gasteiger partial charge in [0.15, 0.2) is 0 Å². The lowest BCUT2D eigenvalue weighted by atomic mass is 9.65. The van der Waals surface area contributed by atoms with Crippen molar-refractivity contribution in [1.29, 1.82) is 0 Å². The van der Waals surface area contributed by atoms with E-state index in [1.165, 1.54) is 0 Å². The number of fused-ring (bicyclic) bond motifs is 1. The van der Waals surface area contributed by atoms with Gasteiger partial charge in [-0.3, -0.25) is 14.4 Å². The summed E-state index contributed by atoms with van der Waals surface area (Å²) >= 11 is 8.07. The van der Waals surface area contributed by atoms with Crippen LogP contribution >= 0.6 is 23.4 Å². The average molecular weight is 600 g/mol. The van der Waals surface area contributed by atoms with E-state index in [1.807, 2.05) is 39.8 Å². The molecule has 0 saturated carbocycles. The summed E-state index contributed by atoms with van der Waals surface area (Å²) in [6.45, 7) is 9.96. The van der Waals surface area contributed by atoms with Crippen molar-refractivity contribution in [1.82, 2.24) is 4.90 Å². The molecule has 3 aliphatic rings. The first-order valence-corrected chi connectivity index (χ1v) is 15.5. The fourth-order valence-electron chi connectivity index (χ4n) is 7.04. The van der Waals surface area contributed by atoms with E-state index in [0.717, 1.165) is 5.56 Å². The summed E-state index contributed by atoms with van der Waals surface area (Å²) in [5.74, 6) is -1.52. The Labute approximate surface area is 250 Å². The number of ether oxygens (including phenoxy) is 1. The topological polar surface area (TPSA) is 108 Å². The number of likely N-dealkylation sites (tertiary alicyclic amines) is 1. The summed E-state index contributed by atoms with van der Waals surface area (Å²) in [4.78, 5) is 44.1. The van der Waals surface area contributed by atoms with Gasteiger partial charge in [0.1, 0.15) is 11.8 Å². The van der Waals surface area contributed by atoms with Crippen molar-refractivity contribution in [2.24, 2.45) is 23.7 Å². The van der Waals surface area contributed by atoms with E-state index < -0.39 is 28.7 Å². The van der Waals surface area contributed by atoms with Crippen LogP contribution in [0.5, 0.6) is 5.75 Å². The first-order valence-electron chi connectivity index (χ1n) is 14.3. The largest absolute Gasteiger partial charge is 0.494 e. The lowest BCUT2D eigenvalue weighted by Gasteiger charge is -2.41. The number of carbonyl (C=O) groups excluding carboxylic acids is 3. The smallest absolute Gasteiger partial charge is 0.248 e. The number of thioether (sulfide) groups is 1. The monoisotopic (exact) mass is 599 g/mol. The Hall–Kier alpha value is -2.75. The number of anilines is 2.